The van der Waals surface area contributed by atoms with Gasteiger partial charge in [0.2, 0.25) is 0 Å². The van der Waals surface area contributed by atoms with Crippen LogP contribution in [0.2, 0.25) is 0 Å². The minimum absolute atomic E-state index is 0.0783. The largest absolute Gasteiger partial charge is 0.494 e. The first kappa shape index (κ1) is 26.2. The number of methoxy groups -OCH3 is 1. The monoisotopic (exact) mass is 479 g/mol. The van der Waals surface area contributed by atoms with E-state index < -0.39 is 5.82 Å². The van der Waals surface area contributed by atoms with Crippen molar-refractivity contribution >= 4 is 17.3 Å². The highest BCUT2D eigenvalue weighted by Gasteiger charge is 2.24. The summed E-state index contributed by atoms with van der Waals surface area (Å²) in [5.41, 5.74) is 3.30. The molecule has 1 saturated heterocycles. The van der Waals surface area contributed by atoms with Crippen molar-refractivity contribution in [2.45, 2.75) is 53.1 Å². The predicted molar refractivity (Wildman–Crippen MR) is 136 cm³/mol. The number of amides is 1. The number of likely N-dealkylation sites (tertiary alicyclic amines) is 1. The van der Waals surface area contributed by atoms with Crippen molar-refractivity contribution in [1.29, 1.82) is 0 Å². The quantitative estimate of drug-likeness (QED) is 0.325. The van der Waals surface area contributed by atoms with Crippen molar-refractivity contribution in [3.8, 4) is 11.5 Å². The van der Waals surface area contributed by atoms with Gasteiger partial charge >= 0.3 is 0 Å². The van der Waals surface area contributed by atoms with Crippen LogP contribution in [0.15, 0.2) is 54.1 Å². The van der Waals surface area contributed by atoms with Crippen molar-refractivity contribution in [2.75, 3.05) is 20.2 Å². The molecule has 1 aliphatic rings. The van der Waals surface area contributed by atoms with Gasteiger partial charge in [0.15, 0.2) is 17.3 Å². The number of ether oxygens (including phenoxy) is 2. The molecule has 0 aromatic heterocycles. The first-order valence-electron chi connectivity index (χ1n) is 12.1. The lowest BCUT2D eigenvalue weighted by Gasteiger charge is -2.28. The summed E-state index contributed by atoms with van der Waals surface area (Å²) in [5, 5.41) is 0. The topological polar surface area (TPSA) is 55.8 Å². The van der Waals surface area contributed by atoms with E-state index >= 15 is 0 Å². The summed E-state index contributed by atoms with van der Waals surface area (Å²) in [5.74, 6) is 0.129. The second-order valence-electron chi connectivity index (χ2n) is 8.77. The maximum absolute atomic E-state index is 14.1. The highest BCUT2D eigenvalue weighted by atomic mass is 19.1. The Kier molecular flexibility index (Phi) is 9.24. The van der Waals surface area contributed by atoms with Crippen LogP contribution in [0.4, 0.5) is 4.39 Å². The summed E-state index contributed by atoms with van der Waals surface area (Å²) in [4.78, 5) is 27.8. The average Bonchev–Trinajstić information content (AvgIpc) is 2.86. The zero-order chi connectivity index (χ0) is 25.4. The standard InChI is InChI=1S/C29H34FNO4/c1-5-9-23(21(3)32)17-26(29(33)31-14-7-6-8-15-31)25-18-24(12-10-20(25)2)35-19-22-11-13-28(34-4)27(30)16-22/h9-13,16-18H,5-8,14-15,19H2,1-4H3/b23-9-,26-17+. The van der Waals surface area contributed by atoms with Crippen molar-refractivity contribution in [2.24, 2.45) is 0 Å². The van der Waals surface area contributed by atoms with E-state index in [0.717, 1.165) is 30.4 Å². The van der Waals surface area contributed by atoms with Gasteiger partial charge in [-0.1, -0.05) is 25.1 Å². The molecule has 1 fully saturated rings. The lowest BCUT2D eigenvalue weighted by molar-refractivity contribution is -0.125. The molecule has 0 aliphatic carbocycles. The summed E-state index contributed by atoms with van der Waals surface area (Å²) in [6, 6.07) is 10.2. The fourth-order valence-corrected chi connectivity index (χ4v) is 4.15. The number of piperidine rings is 1. The Morgan fingerprint density at radius 3 is 2.46 bits per heavy atom. The third-order valence-electron chi connectivity index (χ3n) is 6.13. The molecule has 0 unspecified atom stereocenters. The Hall–Kier alpha value is -3.41. The molecule has 0 radical (unpaired) electrons. The normalized spacial score (nSPS) is 14.6. The van der Waals surface area contributed by atoms with Crippen molar-refractivity contribution in [3.05, 3.63) is 76.6 Å². The molecule has 1 heterocycles. The molecule has 1 aliphatic heterocycles. The van der Waals surface area contributed by atoms with E-state index in [4.69, 9.17) is 9.47 Å². The van der Waals surface area contributed by atoms with Gasteiger partial charge in [-0.15, -0.1) is 0 Å². The lowest BCUT2D eigenvalue weighted by Crippen LogP contribution is -2.36. The van der Waals surface area contributed by atoms with Crippen LogP contribution in [-0.2, 0) is 16.2 Å². The lowest BCUT2D eigenvalue weighted by atomic mass is 9.95. The Morgan fingerprint density at radius 2 is 1.83 bits per heavy atom. The van der Waals surface area contributed by atoms with E-state index in [-0.39, 0.29) is 24.0 Å². The van der Waals surface area contributed by atoms with E-state index in [0.29, 0.717) is 42.0 Å². The number of aryl methyl sites for hydroxylation is 1. The van der Waals surface area contributed by atoms with Crippen molar-refractivity contribution in [1.82, 2.24) is 4.90 Å². The maximum Gasteiger partial charge on any atom is 0.254 e. The highest BCUT2D eigenvalue weighted by molar-refractivity contribution is 6.21. The molecule has 1 amide bonds. The van der Waals surface area contributed by atoms with Crippen LogP contribution in [0.5, 0.6) is 11.5 Å². The Balaban J connectivity index is 1.95. The van der Waals surface area contributed by atoms with Crippen molar-refractivity contribution in [3.63, 3.8) is 0 Å². The molecule has 2 aromatic carbocycles. The number of carbonyl (C=O) groups excluding carboxylic acids is 2. The molecule has 35 heavy (non-hydrogen) atoms. The van der Waals surface area contributed by atoms with Crippen LogP contribution < -0.4 is 9.47 Å². The molecule has 0 bridgehead atoms. The van der Waals surface area contributed by atoms with Crippen LogP contribution in [0.1, 0.15) is 56.2 Å². The Labute approximate surface area is 207 Å². The maximum atomic E-state index is 14.1. The number of rotatable bonds is 9. The highest BCUT2D eigenvalue weighted by Crippen LogP contribution is 2.29. The molecular weight excluding hydrogens is 445 g/mol. The molecule has 0 spiro atoms. The second-order valence-corrected chi connectivity index (χ2v) is 8.77. The first-order valence-corrected chi connectivity index (χ1v) is 12.1. The Bertz CT molecular complexity index is 1130. The molecule has 5 nitrogen and oxygen atoms in total. The summed E-state index contributed by atoms with van der Waals surface area (Å²) in [6.07, 6.45) is 7.32. The van der Waals surface area contributed by atoms with Crippen LogP contribution in [0, 0.1) is 12.7 Å². The fraction of sp³-hybridized carbons (Fsp3) is 0.379. The predicted octanol–water partition coefficient (Wildman–Crippen LogP) is 6.04. The molecule has 6 heteroatoms. The molecular formula is C29H34FNO4. The van der Waals surface area contributed by atoms with Crippen molar-refractivity contribution < 1.29 is 23.5 Å². The van der Waals surface area contributed by atoms with Crippen LogP contribution in [-0.4, -0.2) is 36.8 Å². The van der Waals surface area contributed by atoms with Gasteiger partial charge in [-0.2, -0.15) is 0 Å². The summed E-state index contributed by atoms with van der Waals surface area (Å²) < 4.78 is 25.0. The molecule has 186 valence electrons. The van der Waals surface area contributed by atoms with Gasteiger partial charge in [0.1, 0.15) is 12.4 Å². The smallest absolute Gasteiger partial charge is 0.254 e. The van der Waals surface area contributed by atoms with E-state index in [1.165, 1.54) is 20.1 Å². The van der Waals surface area contributed by atoms with Crippen LogP contribution in [0.25, 0.3) is 5.57 Å². The number of halogens is 1. The van der Waals surface area contributed by atoms with Gasteiger partial charge in [0.25, 0.3) is 5.91 Å². The first-order chi connectivity index (χ1) is 16.8. The van der Waals surface area contributed by atoms with Gasteiger partial charge in [0, 0.05) is 24.2 Å². The number of hydrogen-bond acceptors (Lipinski definition) is 4. The summed E-state index contributed by atoms with van der Waals surface area (Å²) >= 11 is 0. The molecule has 0 saturated carbocycles. The molecule has 3 rings (SSSR count). The molecule has 0 atom stereocenters. The van der Waals surface area contributed by atoms with Gasteiger partial charge in [-0.3, -0.25) is 9.59 Å². The minimum Gasteiger partial charge on any atom is -0.494 e. The number of nitrogens with zero attached hydrogens (tertiary/aromatic N) is 1. The Morgan fingerprint density at radius 1 is 1.09 bits per heavy atom. The van der Waals surface area contributed by atoms with Gasteiger partial charge in [-0.05, 0) is 86.6 Å². The average molecular weight is 480 g/mol. The number of ketones is 1. The molecule has 0 N–H and O–H groups in total. The molecule has 2 aromatic rings. The van der Waals surface area contributed by atoms with E-state index in [1.807, 2.05) is 43.0 Å². The summed E-state index contributed by atoms with van der Waals surface area (Å²) in [6.45, 7) is 7.00. The van der Waals surface area contributed by atoms with E-state index in [2.05, 4.69) is 0 Å². The number of carbonyl (C=O) groups is 2. The minimum atomic E-state index is -0.449. The van der Waals surface area contributed by atoms with Crippen LogP contribution >= 0.6 is 0 Å². The summed E-state index contributed by atoms with van der Waals surface area (Å²) in [7, 11) is 1.42. The SMILES string of the molecule is CC/C=C(/C=C(/C(=O)N1CCCCC1)c1cc(OCc2ccc(OC)c(F)c2)ccc1C)C(C)=O. The van der Waals surface area contributed by atoms with Crippen LogP contribution in [0.3, 0.4) is 0 Å². The third-order valence-corrected chi connectivity index (χ3v) is 6.13. The number of allylic oxidation sites excluding steroid dienone is 3. The van der Waals surface area contributed by atoms with E-state index in [1.54, 1.807) is 18.2 Å². The third kappa shape index (κ3) is 6.81. The fourth-order valence-electron chi connectivity index (χ4n) is 4.15. The number of hydrogen-bond donors (Lipinski definition) is 0. The number of Topliss-reactive ketones (excluding diaryl/α,β-unsaturated/α-hetero) is 1. The zero-order valence-corrected chi connectivity index (χ0v) is 21.0. The number of benzene rings is 2. The second kappa shape index (κ2) is 12.3. The van der Waals surface area contributed by atoms with Gasteiger partial charge < -0.3 is 14.4 Å². The van der Waals surface area contributed by atoms with Gasteiger partial charge in [-0.25, -0.2) is 4.39 Å². The zero-order valence-electron chi connectivity index (χ0n) is 21.0. The van der Waals surface area contributed by atoms with Gasteiger partial charge in [0.05, 0.1) is 7.11 Å². The van der Waals surface area contributed by atoms with E-state index in [9.17, 15) is 14.0 Å².